The van der Waals surface area contributed by atoms with E-state index in [0.29, 0.717) is 5.25 Å². The van der Waals surface area contributed by atoms with E-state index in [4.69, 9.17) is 0 Å². The molecule has 0 atom stereocenters. The molecule has 1 heteroatoms. The van der Waals surface area contributed by atoms with Gasteiger partial charge in [0, 0.05) is 10.7 Å². The maximum Gasteiger partial charge on any atom is 0.0131 e. The number of rotatable bonds is 2. The number of allylic oxidation sites excluding steroid dienone is 1. The van der Waals surface area contributed by atoms with Crippen molar-refractivity contribution >= 4 is 11.8 Å². The maximum atomic E-state index is 3.41. The van der Waals surface area contributed by atoms with E-state index in [1.807, 2.05) is 11.8 Å². The fourth-order valence-electron chi connectivity index (χ4n) is 1.38. The number of hydrogen-bond donors (Lipinski definition) is 0. The second-order valence-corrected chi connectivity index (χ2v) is 5.06. The van der Waals surface area contributed by atoms with Gasteiger partial charge < -0.3 is 0 Å². The number of thioether (sulfide) groups is 1. The van der Waals surface area contributed by atoms with Gasteiger partial charge in [0.15, 0.2) is 0 Å². The molecular weight excluding hydrogens is 164 g/mol. The molecule has 1 aliphatic carbocycles. The Morgan fingerprint density at radius 2 is 1.92 bits per heavy atom. The third kappa shape index (κ3) is 4.04. The lowest BCUT2D eigenvalue weighted by atomic mass is 9.96. The van der Waals surface area contributed by atoms with Crippen LogP contribution in [0.15, 0.2) is 16.7 Å². The van der Waals surface area contributed by atoms with Crippen LogP contribution in [0.25, 0.3) is 0 Å². The molecule has 0 saturated heterocycles. The van der Waals surface area contributed by atoms with Crippen LogP contribution in [0.5, 0.6) is 0 Å². The van der Waals surface area contributed by atoms with Crippen LogP contribution in [0.3, 0.4) is 0 Å². The highest BCUT2D eigenvalue weighted by molar-refractivity contribution is 8.02. The summed E-state index contributed by atoms with van der Waals surface area (Å²) in [4.78, 5) is 0. The molecule has 1 saturated carbocycles. The van der Waals surface area contributed by atoms with E-state index >= 15 is 0 Å². The van der Waals surface area contributed by atoms with Gasteiger partial charge in [-0.2, -0.15) is 0 Å². The first-order valence-electron chi connectivity index (χ1n) is 4.87. The highest BCUT2D eigenvalue weighted by atomic mass is 32.2. The third-order valence-electron chi connectivity index (χ3n) is 2.06. The average Bonchev–Trinajstić information content (AvgIpc) is 2.05. The van der Waals surface area contributed by atoms with Crippen molar-refractivity contribution in [2.75, 3.05) is 0 Å². The van der Waals surface area contributed by atoms with E-state index < -0.39 is 0 Å². The van der Waals surface area contributed by atoms with Gasteiger partial charge in [-0.25, -0.2) is 0 Å². The van der Waals surface area contributed by atoms with Gasteiger partial charge in [0.25, 0.3) is 0 Å². The molecule has 0 bridgehead atoms. The van der Waals surface area contributed by atoms with Crippen molar-refractivity contribution in [3.63, 3.8) is 0 Å². The van der Waals surface area contributed by atoms with E-state index in [0.717, 1.165) is 0 Å². The average molecular weight is 182 g/mol. The van der Waals surface area contributed by atoms with Crippen molar-refractivity contribution in [3.8, 4) is 0 Å². The Hall–Kier alpha value is -0.130. The SMILES string of the molecule is CC(C)SC=C=C1CCCCC1. The lowest BCUT2D eigenvalue weighted by Crippen LogP contribution is -1.91. The smallest absolute Gasteiger partial charge is 0.0131 e. The Morgan fingerprint density at radius 3 is 2.50 bits per heavy atom. The fraction of sp³-hybridized carbons (Fsp3) is 0.727. The van der Waals surface area contributed by atoms with Gasteiger partial charge in [0.1, 0.15) is 0 Å². The van der Waals surface area contributed by atoms with E-state index in [9.17, 15) is 0 Å². The first-order valence-corrected chi connectivity index (χ1v) is 5.81. The molecule has 0 amide bonds. The minimum Gasteiger partial charge on any atom is -0.123 e. The maximum absolute atomic E-state index is 3.41. The van der Waals surface area contributed by atoms with Gasteiger partial charge in [-0.05, 0) is 31.3 Å². The van der Waals surface area contributed by atoms with Crippen LogP contribution in [0.2, 0.25) is 0 Å². The topological polar surface area (TPSA) is 0 Å². The molecule has 0 radical (unpaired) electrons. The molecule has 1 rings (SSSR count). The monoisotopic (exact) mass is 182 g/mol. The van der Waals surface area contributed by atoms with Gasteiger partial charge in [-0.1, -0.05) is 20.3 Å². The fourth-order valence-corrected chi connectivity index (χ4v) is 1.88. The summed E-state index contributed by atoms with van der Waals surface area (Å²) in [5.74, 6) is 0. The van der Waals surface area contributed by atoms with Crippen LogP contribution in [-0.2, 0) is 0 Å². The molecule has 0 aromatic heterocycles. The zero-order chi connectivity index (χ0) is 8.81. The summed E-state index contributed by atoms with van der Waals surface area (Å²) in [6, 6.07) is 0. The van der Waals surface area contributed by atoms with Gasteiger partial charge in [0.2, 0.25) is 0 Å². The van der Waals surface area contributed by atoms with Crippen LogP contribution in [-0.4, -0.2) is 5.25 Å². The Morgan fingerprint density at radius 1 is 1.25 bits per heavy atom. The van der Waals surface area contributed by atoms with Gasteiger partial charge >= 0.3 is 0 Å². The van der Waals surface area contributed by atoms with Gasteiger partial charge in [-0.3, -0.25) is 0 Å². The number of hydrogen-bond acceptors (Lipinski definition) is 1. The lowest BCUT2D eigenvalue weighted by molar-refractivity contribution is 0.600. The summed E-state index contributed by atoms with van der Waals surface area (Å²) < 4.78 is 0. The molecular formula is C11H18S. The van der Waals surface area contributed by atoms with Crippen molar-refractivity contribution in [1.29, 1.82) is 0 Å². The third-order valence-corrected chi connectivity index (χ3v) is 2.86. The Bertz CT molecular complexity index is 177. The Kier molecular flexibility index (Phi) is 4.57. The van der Waals surface area contributed by atoms with Crippen molar-refractivity contribution in [3.05, 3.63) is 16.7 Å². The molecule has 0 spiro atoms. The Balaban J connectivity index is 2.37. The van der Waals surface area contributed by atoms with Gasteiger partial charge in [-0.15, -0.1) is 17.5 Å². The summed E-state index contributed by atoms with van der Waals surface area (Å²) in [5, 5.41) is 2.84. The largest absolute Gasteiger partial charge is 0.123 e. The van der Waals surface area contributed by atoms with Crippen molar-refractivity contribution in [2.24, 2.45) is 0 Å². The zero-order valence-electron chi connectivity index (χ0n) is 8.10. The van der Waals surface area contributed by atoms with E-state index in [-0.39, 0.29) is 0 Å². The quantitative estimate of drug-likeness (QED) is 0.579. The van der Waals surface area contributed by atoms with Crippen LogP contribution >= 0.6 is 11.8 Å². The first kappa shape index (κ1) is 9.95. The minimum atomic E-state index is 0.696. The summed E-state index contributed by atoms with van der Waals surface area (Å²) in [6.07, 6.45) is 6.75. The standard InChI is InChI=1S/C11H18S/c1-10(2)12-9-8-11-6-4-3-5-7-11/h9-10H,3-7H2,1-2H3. The van der Waals surface area contributed by atoms with Crippen molar-refractivity contribution < 1.29 is 0 Å². The van der Waals surface area contributed by atoms with Crippen LogP contribution in [0.4, 0.5) is 0 Å². The molecule has 0 heterocycles. The Labute approximate surface area is 80.1 Å². The lowest BCUT2D eigenvalue weighted by Gasteiger charge is -2.10. The molecule has 0 N–H and O–H groups in total. The van der Waals surface area contributed by atoms with Crippen LogP contribution < -0.4 is 0 Å². The molecule has 0 aromatic rings. The van der Waals surface area contributed by atoms with Crippen LogP contribution in [0.1, 0.15) is 46.0 Å². The summed E-state index contributed by atoms with van der Waals surface area (Å²) in [7, 11) is 0. The highest BCUT2D eigenvalue weighted by Gasteiger charge is 2.03. The normalized spacial score (nSPS) is 17.8. The molecule has 1 fully saturated rings. The van der Waals surface area contributed by atoms with Crippen molar-refractivity contribution in [1.82, 2.24) is 0 Å². The predicted molar refractivity (Wildman–Crippen MR) is 57.4 cm³/mol. The highest BCUT2D eigenvalue weighted by Crippen LogP contribution is 2.22. The summed E-state index contributed by atoms with van der Waals surface area (Å²) >= 11 is 1.87. The van der Waals surface area contributed by atoms with Crippen molar-refractivity contribution in [2.45, 2.75) is 51.2 Å². The molecule has 1 aliphatic rings. The molecule has 0 aliphatic heterocycles. The van der Waals surface area contributed by atoms with E-state index in [2.05, 4.69) is 25.0 Å². The van der Waals surface area contributed by atoms with Gasteiger partial charge in [0.05, 0.1) is 0 Å². The molecule has 12 heavy (non-hydrogen) atoms. The summed E-state index contributed by atoms with van der Waals surface area (Å²) in [6.45, 7) is 4.43. The first-order chi connectivity index (χ1) is 5.79. The van der Waals surface area contributed by atoms with E-state index in [1.54, 1.807) is 0 Å². The minimum absolute atomic E-state index is 0.696. The molecule has 0 nitrogen and oxygen atoms in total. The predicted octanol–water partition coefficient (Wildman–Crippen LogP) is 4.13. The van der Waals surface area contributed by atoms with E-state index in [1.165, 1.54) is 37.7 Å². The second-order valence-electron chi connectivity index (χ2n) is 3.61. The molecule has 0 aromatic carbocycles. The zero-order valence-corrected chi connectivity index (χ0v) is 8.91. The summed E-state index contributed by atoms with van der Waals surface area (Å²) in [5.41, 5.74) is 4.94. The molecule has 0 unspecified atom stereocenters. The second kappa shape index (κ2) is 5.50. The van der Waals surface area contributed by atoms with Crippen LogP contribution in [0, 0.1) is 0 Å². The molecule has 68 valence electrons.